The zero-order valence-corrected chi connectivity index (χ0v) is 12.9. The van der Waals surface area contributed by atoms with E-state index in [9.17, 15) is 0 Å². The van der Waals surface area contributed by atoms with Crippen molar-refractivity contribution in [3.8, 4) is 6.07 Å². The first-order valence-electron chi connectivity index (χ1n) is 7.28. The van der Waals surface area contributed by atoms with E-state index in [0.717, 1.165) is 25.4 Å². The van der Waals surface area contributed by atoms with E-state index in [0.29, 0.717) is 0 Å². The largest absolute Gasteiger partial charge is 0.295 e. The zero-order valence-electron chi connectivity index (χ0n) is 12.1. The van der Waals surface area contributed by atoms with Gasteiger partial charge < -0.3 is 0 Å². The highest BCUT2D eigenvalue weighted by molar-refractivity contribution is 7.09. The normalized spacial score (nSPS) is 15.7. The molecule has 0 radical (unpaired) electrons. The van der Waals surface area contributed by atoms with Crippen LogP contribution in [0, 0.1) is 16.7 Å². The van der Waals surface area contributed by atoms with Gasteiger partial charge in [0.15, 0.2) is 0 Å². The van der Waals surface area contributed by atoms with Gasteiger partial charge in [0.25, 0.3) is 0 Å². The minimum Gasteiger partial charge on any atom is -0.295 e. The molecule has 0 saturated heterocycles. The third-order valence-electron chi connectivity index (χ3n) is 3.80. The molecule has 2 rings (SSSR count). The Morgan fingerprint density at radius 1 is 1.42 bits per heavy atom. The van der Waals surface area contributed by atoms with Gasteiger partial charge >= 0.3 is 0 Å². The number of thiophene rings is 1. The molecule has 0 aliphatic heterocycles. The van der Waals surface area contributed by atoms with Gasteiger partial charge in [-0.25, -0.2) is 0 Å². The Morgan fingerprint density at radius 2 is 2.21 bits per heavy atom. The third kappa shape index (κ3) is 4.97. The molecule has 1 heterocycles. The van der Waals surface area contributed by atoms with E-state index in [2.05, 4.69) is 28.5 Å². The lowest BCUT2D eigenvalue weighted by atomic mass is 9.89. The lowest BCUT2D eigenvalue weighted by Crippen LogP contribution is -2.26. The SMILES string of the molecule is CC(C)(C#N)CCCCN(Cc1cccs1)C1CC1. The molecule has 1 fully saturated rings. The number of unbranched alkanes of at least 4 members (excludes halogenated alkanes) is 1. The minimum absolute atomic E-state index is 0.155. The first-order valence-corrected chi connectivity index (χ1v) is 8.16. The minimum atomic E-state index is -0.155. The summed E-state index contributed by atoms with van der Waals surface area (Å²) in [5, 5.41) is 11.2. The van der Waals surface area contributed by atoms with Gasteiger partial charge in [0.1, 0.15) is 0 Å². The van der Waals surface area contributed by atoms with Crippen molar-refractivity contribution in [3.05, 3.63) is 22.4 Å². The zero-order chi connectivity index (χ0) is 13.7. The van der Waals surface area contributed by atoms with Crippen LogP contribution in [0.4, 0.5) is 0 Å². The Hall–Kier alpha value is -0.850. The summed E-state index contributed by atoms with van der Waals surface area (Å²) in [4.78, 5) is 4.11. The molecule has 0 bridgehead atoms. The number of hydrogen-bond acceptors (Lipinski definition) is 3. The fourth-order valence-corrected chi connectivity index (χ4v) is 3.10. The topological polar surface area (TPSA) is 27.0 Å². The summed E-state index contributed by atoms with van der Waals surface area (Å²) >= 11 is 1.86. The van der Waals surface area contributed by atoms with Crippen molar-refractivity contribution in [1.82, 2.24) is 4.90 Å². The number of hydrogen-bond donors (Lipinski definition) is 0. The molecular weight excluding hydrogens is 252 g/mol. The monoisotopic (exact) mass is 276 g/mol. The van der Waals surface area contributed by atoms with Gasteiger partial charge in [-0.2, -0.15) is 5.26 Å². The van der Waals surface area contributed by atoms with Crippen LogP contribution in [0.15, 0.2) is 17.5 Å². The summed E-state index contributed by atoms with van der Waals surface area (Å²) in [6, 6.07) is 7.59. The highest BCUT2D eigenvalue weighted by atomic mass is 32.1. The Morgan fingerprint density at radius 3 is 2.79 bits per heavy atom. The van der Waals surface area contributed by atoms with Crippen LogP contribution in [0.2, 0.25) is 0 Å². The smallest absolute Gasteiger partial charge is 0.0683 e. The van der Waals surface area contributed by atoms with E-state index < -0.39 is 0 Å². The lowest BCUT2D eigenvalue weighted by molar-refractivity contribution is 0.246. The summed E-state index contributed by atoms with van der Waals surface area (Å²) in [5.74, 6) is 0. The van der Waals surface area contributed by atoms with E-state index in [1.54, 1.807) is 0 Å². The molecule has 0 amide bonds. The molecule has 0 N–H and O–H groups in total. The van der Waals surface area contributed by atoms with E-state index >= 15 is 0 Å². The van der Waals surface area contributed by atoms with Crippen molar-refractivity contribution in [2.45, 2.75) is 58.5 Å². The quantitative estimate of drug-likeness (QED) is 0.657. The molecule has 104 valence electrons. The summed E-state index contributed by atoms with van der Waals surface area (Å²) in [6.45, 7) is 6.38. The van der Waals surface area contributed by atoms with Crippen LogP contribution in [-0.2, 0) is 6.54 Å². The second kappa shape index (κ2) is 6.54. The predicted octanol–water partition coefficient (Wildman–Crippen LogP) is 4.43. The second-order valence-corrected chi connectivity index (χ2v) is 7.27. The van der Waals surface area contributed by atoms with Gasteiger partial charge in [-0.05, 0) is 57.5 Å². The molecule has 0 atom stereocenters. The Labute approximate surface area is 121 Å². The van der Waals surface area contributed by atoms with Crippen molar-refractivity contribution < 1.29 is 0 Å². The molecule has 1 aliphatic rings. The summed E-state index contributed by atoms with van der Waals surface area (Å²) in [6.07, 6.45) is 6.13. The molecule has 1 aromatic rings. The van der Waals surface area contributed by atoms with Crippen LogP contribution in [0.3, 0.4) is 0 Å². The highest BCUT2D eigenvalue weighted by Gasteiger charge is 2.28. The number of nitrogens with zero attached hydrogens (tertiary/aromatic N) is 2. The van der Waals surface area contributed by atoms with Crippen molar-refractivity contribution in [2.24, 2.45) is 5.41 Å². The van der Waals surface area contributed by atoms with Crippen LogP contribution < -0.4 is 0 Å². The summed E-state index contributed by atoms with van der Waals surface area (Å²) < 4.78 is 0. The molecule has 0 aromatic carbocycles. The van der Waals surface area contributed by atoms with Gasteiger partial charge in [0.05, 0.1) is 11.5 Å². The van der Waals surface area contributed by atoms with Crippen LogP contribution in [0.1, 0.15) is 50.8 Å². The van der Waals surface area contributed by atoms with Gasteiger partial charge in [-0.1, -0.05) is 12.5 Å². The maximum Gasteiger partial charge on any atom is 0.0683 e. The van der Waals surface area contributed by atoms with Crippen LogP contribution in [0.25, 0.3) is 0 Å². The molecule has 0 spiro atoms. The van der Waals surface area contributed by atoms with Crippen LogP contribution >= 0.6 is 11.3 Å². The molecule has 1 aromatic heterocycles. The maximum atomic E-state index is 9.01. The van der Waals surface area contributed by atoms with E-state index in [4.69, 9.17) is 5.26 Å². The first-order chi connectivity index (χ1) is 9.11. The number of nitriles is 1. The van der Waals surface area contributed by atoms with E-state index in [1.807, 2.05) is 25.2 Å². The van der Waals surface area contributed by atoms with Crippen molar-refractivity contribution in [3.63, 3.8) is 0 Å². The highest BCUT2D eigenvalue weighted by Crippen LogP contribution is 2.30. The standard InChI is InChI=1S/C16H24N2S/c1-16(2,13-17)9-3-4-10-18(14-7-8-14)12-15-6-5-11-19-15/h5-6,11,14H,3-4,7-10,12H2,1-2H3. The molecular formula is C16H24N2S. The Balaban J connectivity index is 1.71. The van der Waals surface area contributed by atoms with Gasteiger partial charge in [0.2, 0.25) is 0 Å². The number of rotatable bonds is 8. The van der Waals surface area contributed by atoms with Crippen molar-refractivity contribution >= 4 is 11.3 Å². The summed E-state index contributed by atoms with van der Waals surface area (Å²) in [7, 11) is 0. The average molecular weight is 276 g/mol. The second-order valence-electron chi connectivity index (χ2n) is 6.23. The Bertz CT molecular complexity index is 412. The van der Waals surface area contributed by atoms with Crippen molar-refractivity contribution in [1.29, 1.82) is 5.26 Å². The molecule has 3 heteroatoms. The van der Waals surface area contributed by atoms with E-state index in [1.165, 1.54) is 30.7 Å². The fourth-order valence-electron chi connectivity index (χ4n) is 2.37. The van der Waals surface area contributed by atoms with Gasteiger partial charge in [-0.3, -0.25) is 4.90 Å². The lowest BCUT2D eigenvalue weighted by Gasteiger charge is -2.22. The molecule has 1 saturated carbocycles. The fraction of sp³-hybridized carbons (Fsp3) is 0.688. The van der Waals surface area contributed by atoms with Gasteiger partial charge in [0, 0.05) is 17.5 Å². The molecule has 1 aliphatic carbocycles. The third-order valence-corrected chi connectivity index (χ3v) is 4.66. The summed E-state index contributed by atoms with van der Waals surface area (Å²) in [5.41, 5.74) is -0.155. The molecule has 19 heavy (non-hydrogen) atoms. The average Bonchev–Trinajstić information content (AvgIpc) is 3.11. The maximum absolute atomic E-state index is 9.01. The van der Waals surface area contributed by atoms with E-state index in [-0.39, 0.29) is 5.41 Å². The first kappa shape index (κ1) is 14.6. The molecule has 2 nitrogen and oxygen atoms in total. The van der Waals surface area contributed by atoms with Crippen molar-refractivity contribution in [2.75, 3.05) is 6.54 Å². The molecule has 0 unspecified atom stereocenters. The van der Waals surface area contributed by atoms with Gasteiger partial charge in [-0.15, -0.1) is 11.3 Å². The van der Waals surface area contributed by atoms with Crippen LogP contribution in [-0.4, -0.2) is 17.5 Å². The predicted molar refractivity (Wildman–Crippen MR) is 81.0 cm³/mol. The van der Waals surface area contributed by atoms with Crippen LogP contribution in [0.5, 0.6) is 0 Å². The Kier molecular flexibility index (Phi) is 5.01.